The summed E-state index contributed by atoms with van der Waals surface area (Å²) in [5.41, 5.74) is 1.88. The molecule has 0 unspecified atom stereocenters. The lowest BCUT2D eigenvalue weighted by Crippen LogP contribution is -2.56. The van der Waals surface area contributed by atoms with Gasteiger partial charge < -0.3 is 9.80 Å². The van der Waals surface area contributed by atoms with E-state index >= 15 is 0 Å². The fourth-order valence-corrected chi connectivity index (χ4v) is 2.85. The molecule has 4 nitrogen and oxygen atoms in total. The average Bonchev–Trinajstić information content (AvgIpc) is 2.34. The quantitative estimate of drug-likeness (QED) is 0.808. The largest absolute Gasteiger partial charge is 0.302 e. The van der Waals surface area contributed by atoms with Crippen LogP contribution in [0.1, 0.15) is 30.5 Å². The summed E-state index contributed by atoms with van der Waals surface area (Å²) in [6, 6.07) is 6.06. The van der Waals surface area contributed by atoms with Gasteiger partial charge in [0.15, 0.2) is 0 Å². The van der Waals surface area contributed by atoms with E-state index < -0.39 is 0 Å². The molecule has 0 amide bonds. The van der Waals surface area contributed by atoms with Crippen LogP contribution in [-0.4, -0.2) is 48.0 Å². The van der Waals surface area contributed by atoms with E-state index in [1.165, 1.54) is 19.3 Å². The maximum atomic E-state index is 9.07. The molecule has 0 spiro atoms. The minimum Gasteiger partial charge on any atom is -0.302 e. The Morgan fingerprint density at radius 1 is 1.37 bits per heavy atom. The number of likely N-dealkylation sites (N-methyl/N-ethyl adjacent to an activating group) is 2. The van der Waals surface area contributed by atoms with E-state index in [2.05, 4.69) is 42.0 Å². The highest BCUT2D eigenvalue weighted by molar-refractivity contribution is 5.30. The van der Waals surface area contributed by atoms with E-state index in [4.69, 9.17) is 5.26 Å². The lowest BCUT2D eigenvalue weighted by atomic mass is 9.75. The van der Waals surface area contributed by atoms with E-state index in [0.717, 1.165) is 18.7 Å². The molecule has 1 saturated carbocycles. The Labute approximate surface area is 115 Å². The molecule has 0 radical (unpaired) electrons. The Bertz CT molecular complexity index is 471. The van der Waals surface area contributed by atoms with Crippen LogP contribution in [0.2, 0.25) is 0 Å². The molecule has 1 aromatic rings. The Morgan fingerprint density at radius 3 is 2.63 bits per heavy atom. The summed E-state index contributed by atoms with van der Waals surface area (Å²) < 4.78 is 0. The van der Waals surface area contributed by atoms with Gasteiger partial charge in [-0.25, -0.2) is 4.98 Å². The normalized spacial score (nSPS) is 17.3. The third-order valence-corrected chi connectivity index (χ3v) is 4.23. The zero-order valence-corrected chi connectivity index (χ0v) is 12.1. The van der Waals surface area contributed by atoms with Crippen molar-refractivity contribution in [2.45, 2.75) is 31.3 Å². The van der Waals surface area contributed by atoms with E-state index in [1.54, 1.807) is 6.20 Å². The van der Waals surface area contributed by atoms with Gasteiger partial charge in [0.05, 0.1) is 0 Å². The number of pyridine rings is 1. The summed E-state index contributed by atoms with van der Waals surface area (Å²) >= 11 is 0. The molecule has 4 heteroatoms. The highest BCUT2D eigenvalue weighted by Crippen LogP contribution is 2.36. The first-order chi connectivity index (χ1) is 9.07. The fourth-order valence-electron chi connectivity index (χ4n) is 2.85. The second kappa shape index (κ2) is 5.68. The van der Waals surface area contributed by atoms with Gasteiger partial charge in [0, 0.05) is 30.4 Å². The van der Waals surface area contributed by atoms with Gasteiger partial charge in [-0.3, -0.25) is 0 Å². The number of hydrogen-bond acceptors (Lipinski definition) is 4. The molecule has 0 saturated heterocycles. The molecule has 1 heterocycles. The molecule has 0 bridgehead atoms. The highest BCUT2D eigenvalue weighted by Gasteiger charge is 2.39. The summed E-state index contributed by atoms with van der Waals surface area (Å²) in [5, 5.41) is 9.07. The van der Waals surface area contributed by atoms with E-state index in [9.17, 15) is 0 Å². The second-order valence-corrected chi connectivity index (χ2v) is 5.77. The SMILES string of the molecule is CN(Cc1cccnc1C#N)CC1(N(C)C)CCC1. The maximum absolute atomic E-state index is 9.07. The van der Waals surface area contributed by atoms with Crippen LogP contribution in [-0.2, 0) is 6.54 Å². The van der Waals surface area contributed by atoms with Gasteiger partial charge in [0.2, 0.25) is 0 Å². The third kappa shape index (κ3) is 2.94. The molecule has 1 aliphatic rings. The number of nitriles is 1. The van der Waals surface area contributed by atoms with Crippen LogP contribution < -0.4 is 0 Å². The van der Waals surface area contributed by atoms with Gasteiger partial charge in [-0.15, -0.1) is 0 Å². The minimum atomic E-state index is 0.323. The zero-order chi connectivity index (χ0) is 13.9. The van der Waals surface area contributed by atoms with E-state index in [1.807, 2.05) is 12.1 Å². The van der Waals surface area contributed by atoms with Crippen LogP contribution in [0.25, 0.3) is 0 Å². The predicted octanol–water partition coefficient (Wildman–Crippen LogP) is 1.87. The molecule has 19 heavy (non-hydrogen) atoms. The molecular formula is C15H22N4. The second-order valence-electron chi connectivity index (χ2n) is 5.77. The standard InChI is InChI=1S/C15H22N4/c1-18(2)15(7-5-8-15)12-19(3)11-13-6-4-9-17-14(13)10-16/h4,6,9H,5,7-8,11-12H2,1-3H3. The van der Waals surface area contributed by atoms with Gasteiger partial charge in [-0.05, 0) is 46.5 Å². The topological polar surface area (TPSA) is 43.2 Å². The van der Waals surface area contributed by atoms with Gasteiger partial charge in [0.25, 0.3) is 0 Å². The van der Waals surface area contributed by atoms with Crippen molar-refractivity contribution >= 4 is 0 Å². The van der Waals surface area contributed by atoms with Crippen molar-refractivity contribution in [3.05, 3.63) is 29.6 Å². The van der Waals surface area contributed by atoms with Crippen LogP contribution in [0, 0.1) is 11.3 Å². The van der Waals surface area contributed by atoms with Crippen molar-refractivity contribution < 1.29 is 0 Å². The molecule has 0 atom stereocenters. The molecule has 102 valence electrons. The van der Waals surface area contributed by atoms with E-state index in [-0.39, 0.29) is 0 Å². The van der Waals surface area contributed by atoms with Gasteiger partial charge >= 0.3 is 0 Å². The van der Waals surface area contributed by atoms with E-state index in [0.29, 0.717) is 11.2 Å². The van der Waals surface area contributed by atoms with Crippen molar-refractivity contribution in [1.82, 2.24) is 14.8 Å². The summed E-state index contributed by atoms with van der Waals surface area (Å²) in [6.07, 6.45) is 5.53. The fraction of sp³-hybridized carbons (Fsp3) is 0.600. The maximum Gasteiger partial charge on any atom is 0.144 e. The Balaban J connectivity index is 2.02. The summed E-state index contributed by atoms with van der Waals surface area (Å²) in [7, 11) is 6.45. The molecule has 0 aliphatic heterocycles. The number of nitrogens with zero attached hydrogens (tertiary/aromatic N) is 4. The number of rotatable bonds is 5. The van der Waals surface area contributed by atoms with Crippen LogP contribution in [0.15, 0.2) is 18.3 Å². The van der Waals surface area contributed by atoms with Crippen LogP contribution >= 0.6 is 0 Å². The summed E-state index contributed by atoms with van der Waals surface area (Å²) in [4.78, 5) is 8.77. The lowest BCUT2D eigenvalue weighted by Gasteiger charge is -2.49. The molecular weight excluding hydrogens is 236 g/mol. The molecule has 0 aromatic carbocycles. The first kappa shape index (κ1) is 14.0. The van der Waals surface area contributed by atoms with Crippen molar-refractivity contribution in [3.63, 3.8) is 0 Å². The van der Waals surface area contributed by atoms with Gasteiger partial charge in [-0.1, -0.05) is 6.07 Å². The van der Waals surface area contributed by atoms with Crippen molar-refractivity contribution in [1.29, 1.82) is 5.26 Å². The monoisotopic (exact) mass is 258 g/mol. The first-order valence-electron chi connectivity index (χ1n) is 6.77. The van der Waals surface area contributed by atoms with Crippen LogP contribution in [0.3, 0.4) is 0 Å². The minimum absolute atomic E-state index is 0.323. The van der Waals surface area contributed by atoms with Gasteiger partial charge in [-0.2, -0.15) is 5.26 Å². The number of hydrogen-bond donors (Lipinski definition) is 0. The predicted molar refractivity (Wildman–Crippen MR) is 75.6 cm³/mol. The van der Waals surface area contributed by atoms with Crippen molar-refractivity contribution in [2.24, 2.45) is 0 Å². The molecule has 1 aromatic heterocycles. The van der Waals surface area contributed by atoms with Crippen molar-refractivity contribution in [3.8, 4) is 6.07 Å². The zero-order valence-electron chi connectivity index (χ0n) is 12.1. The van der Waals surface area contributed by atoms with Gasteiger partial charge in [0.1, 0.15) is 11.8 Å². The number of aromatic nitrogens is 1. The average molecular weight is 258 g/mol. The molecule has 1 aliphatic carbocycles. The molecule has 0 N–H and O–H groups in total. The summed E-state index contributed by atoms with van der Waals surface area (Å²) in [5.74, 6) is 0. The lowest BCUT2D eigenvalue weighted by molar-refractivity contribution is 0.0258. The Kier molecular flexibility index (Phi) is 4.18. The molecule has 2 rings (SSSR count). The van der Waals surface area contributed by atoms with Crippen LogP contribution in [0.5, 0.6) is 0 Å². The Morgan fingerprint density at radius 2 is 2.11 bits per heavy atom. The highest BCUT2D eigenvalue weighted by atomic mass is 15.2. The smallest absolute Gasteiger partial charge is 0.144 e. The molecule has 1 fully saturated rings. The van der Waals surface area contributed by atoms with Crippen molar-refractivity contribution in [2.75, 3.05) is 27.7 Å². The summed E-state index contributed by atoms with van der Waals surface area (Å²) in [6.45, 7) is 1.83. The third-order valence-electron chi connectivity index (χ3n) is 4.23. The first-order valence-corrected chi connectivity index (χ1v) is 6.77. The Hall–Kier alpha value is -1.44. The van der Waals surface area contributed by atoms with Crippen LogP contribution in [0.4, 0.5) is 0 Å².